The van der Waals surface area contributed by atoms with Crippen LogP contribution in [0.1, 0.15) is 22.9 Å². The first kappa shape index (κ1) is 24.3. The lowest BCUT2D eigenvalue weighted by molar-refractivity contribution is 0.0536. The van der Waals surface area contributed by atoms with E-state index < -0.39 is 24.1 Å². The van der Waals surface area contributed by atoms with Crippen LogP contribution in [0.2, 0.25) is 0 Å². The number of H-pyrrole nitrogens is 1. The van der Waals surface area contributed by atoms with Crippen LogP contribution >= 0.6 is 15.9 Å². The first-order valence-corrected chi connectivity index (χ1v) is 12.3. The number of nitrogens with zero attached hydrogens (tertiary/aromatic N) is 1. The van der Waals surface area contributed by atoms with Crippen LogP contribution in [0, 0.1) is 5.82 Å². The van der Waals surface area contributed by atoms with Crippen molar-refractivity contribution in [2.24, 2.45) is 0 Å². The van der Waals surface area contributed by atoms with Crippen molar-refractivity contribution in [1.29, 1.82) is 0 Å². The molecule has 36 heavy (non-hydrogen) atoms. The molecule has 4 aromatic rings. The summed E-state index contributed by atoms with van der Waals surface area (Å²) in [7, 11) is 0. The molecule has 0 aliphatic carbocycles. The highest BCUT2D eigenvalue weighted by atomic mass is 79.9. The third-order valence-corrected chi connectivity index (χ3v) is 6.68. The van der Waals surface area contributed by atoms with E-state index in [0.717, 1.165) is 32.2 Å². The molecule has 1 aliphatic heterocycles. The van der Waals surface area contributed by atoms with Gasteiger partial charge in [0, 0.05) is 27.6 Å². The molecule has 3 N–H and O–H groups in total. The standard InChI is InChI=1S/C27H24BrFN2O5/c28-17-3-10-24-23(13-17)22-11-12-31(27(34)36-21-8-4-18(29)5-9-21)26(25(22)30-24)16-1-6-20(7-2-16)35-15-19(33)14-32/h1-10,13,19,26,30,32-33H,11-12,14-15H2. The number of aliphatic hydroxyl groups is 2. The van der Waals surface area contributed by atoms with E-state index in [1.807, 2.05) is 24.3 Å². The van der Waals surface area contributed by atoms with Crippen molar-refractivity contribution in [1.82, 2.24) is 9.88 Å². The van der Waals surface area contributed by atoms with E-state index in [1.54, 1.807) is 17.0 Å². The summed E-state index contributed by atoms with van der Waals surface area (Å²) in [6.07, 6.45) is -0.863. The van der Waals surface area contributed by atoms with E-state index in [-0.39, 0.29) is 19.0 Å². The highest BCUT2D eigenvalue weighted by Gasteiger charge is 2.35. The second kappa shape index (κ2) is 10.3. The van der Waals surface area contributed by atoms with E-state index >= 15 is 0 Å². The maximum Gasteiger partial charge on any atom is 0.416 e. The Hall–Kier alpha value is -3.40. The Morgan fingerprint density at radius 2 is 1.83 bits per heavy atom. The van der Waals surface area contributed by atoms with Gasteiger partial charge in [0.1, 0.15) is 36.1 Å². The number of carbonyl (C=O) groups excluding carboxylic acids is 1. The third-order valence-electron chi connectivity index (χ3n) is 6.19. The van der Waals surface area contributed by atoms with E-state index in [2.05, 4.69) is 27.0 Å². The molecular formula is C27H24BrFN2O5. The van der Waals surface area contributed by atoms with Crippen LogP contribution in [0.15, 0.2) is 71.2 Å². The number of halogens is 2. The van der Waals surface area contributed by atoms with Gasteiger partial charge >= 0.3 is 6.09 Å². The fraction of sp³-hybridized carbons (Fsp3) is 0.222. The van der Waals surface area contributed by atoms with Crippen molar-refractivity contribution < 1.29 is 28.9 Å². The monoisotopic (exact) mass is 554 g/mol. The summed E-state index contributed by atoms with van der Waals surface area (Å²) in [6, 6.07) is 18.2. The van der Waals surface area contributed by atoms with Gasteiger partial charge in [-0.05, 0) is 72.1 Å². The minimum absolute atomic E-state index is 0.0313. The molecule has 0 saturated heterocycles. The van der Waals surface area contributed by atoms with Crippen molar-refractivity contribution in [3.63, 3.8) is 0 Å². The first-order valence-electron chi connectivity index (χ1n) is 11.5. The van der Waals surface area contributed by atoms with Gasteiger partial charge < -0.3 is 24.7 Å². The zero-order chi connectivity index (χ0) is 25.2. The maximum atomic E-state index is 13.3. The molecule has 3 aromatic carbocycles. The normalized spacial score (nSPS) is 16.0. The molecule has 1 aliphatic rings. The molecule has 0 bridgehead atoms. The van der Waals surface area contributed by atoms with Crippen LogP contribution in [0.4, 0.5) is 9.18 Å². The number of aromatic nitrogens is 1. The van der Waals surface area contributed by atoms with Gasteiger partial charge in [-0.1, -0.05) is 28.1 Å². The number of aromatic amines is 1. The van der Waals surface area contributed by atoms with Crippen LogP contribution in [0.3, 0.4) is 0 Å². The minimum atomic E-state index is -0.965. The summed E-state index contributed by atoms with van der Waals surface area (Å²) in [5.41, 5.74) is 3.84. The fourth-order valence-corrected chi connectivity index (χ4v) is 4.82. The third kappa shape index (κ3) is 4.95. The fourth-order valence-electron chi connectivity index (χ4n) is 4.46. The molecule has 5 rings (SSSR count). The quantitative estimate of drug-likeness (QED) is 0.313. The van der Waals surface area contributed by atoms with Crippen molar-refractivity contribution in [2.75, 3.05) is 19.8 Å². The van der Waals surface area contributed by atoms with Crippen LogP contribution < -0.4 is 9.47 Å². The minimum Gasteiger partial charge on any atom is -0.491 e. The molecular weight excluding hydrogens is 531 g/mol. The van der Waals surface area contributed by atoms with Crippen LogP contribution in [-0.2, 0) is 6.42 Å². The number of carbonyl (C=O) groups is 1. The average molecular weight is 555 g/mol. The number of nitrogens with one attached hydrogen (secondary N) is 1. The summed E-state index contributed by atoms with van der Waals surface area (Å²) in [4.78, 5) is 18.5. The predicted octanol–water partition coefficient (Wildman–Crippen LogP) is 4.95. The van der Waals surface area contributed by atoms with E-state index in [0.29, 0.717) is 18.7 Å². The van der Waals surface area contributed by atoms with Gasteiger partial charge in [-0.15, -0.1) is 0 Å². The van der Waals surface area contributed by atoms with Crippen molar-refractivity contribution in [3.8, 4) is 11.5 Å². The van der Waals surface area contributed by atoms with Crippen molar-refractivity contribution in [2.45, 2.75) is 18.6 Å². The number of fused-ring (bicyclic) bond motifs is 3. The lowest BCUT2D eigenvalue weighted by atomic mass is 9.92. The molecule has 1 aromatic heterocycles. The molecule has 9 heteroatoms. The van der Waals surface area contributed by atoms with Crippen molar-refractivity contribution in [3.05, 3.63) is 93.8 Å². The number of rotatable bonds is 6. The number of hydrogen-bond acceptors (Lipinski definition) is 5. The Labute approximate surface area is 215 Å². The zero-order valence-electron chi connectivity index (χ0n) is 19.2. The highest BCUT2D eigenvalue weighted by Crippen LogP contribution is 2.40. The summed E-state index contributed by atoms with van der Waals surface area (Å²) in [6.45, 7) is 0.0130. The Morgan fingerprint density at radius 1 is 1.11 bits per heavy atom. The Morgan fingerprint density at radius 3 is 2.56 bits per heavy atom. The van der Waals surface area contributed by atoms with Crippen LogP contribution in [0.5, 0.6) is 11.5 Å². The van der Waals surface area contributed by atoms with E-state index in [9.17, 15) is 14.3 Å². The predicted molar refractivity (Wildman–Crippen MR) is 136 cm³/mol. The second-order valence-corrected chi connectivity index (χ2v) is 9.51. The second-order valence-electron chi connectivity index (χ2n) is 8.59. The van der Waals surface area contributed by atoms with E-state index in [4.69, 9.17) is 14.6 Å². The maximum absolute atomic E-state index is 13.3. The molecule has 1 amide bonds. The number of hydrogen-bond donors (Lipinski definition) is 3. The number of amides is 1. The SMILES string of the molecule is O=C(Oc1ccc(F)cc1)N1CCc2c([nH]c3ccc(Br)cc23)C1c1ccc(OCC(O)CO)cc1. The average Bonchev–Trinajstić information content (AvgIpc) is 3.26. The Kier molecular flexibility index (Phi) is 6.95. The molecule has 186 valence electrons. The highest BCUT2D eigenvalue weighted by molar-refractivity contribution is 9.10. The summed E-state index contributed by atoms with van der Waals surface area (Å²) >= 11 is 3.55. The topological polar surface area (TPSA) is 95.0 Å². The van der Waals surface area contributed by atoms with Gasteiger partial charge in [-0.2, -0.15) is 0 Å². The molecule has 0 fully saturated rings. The van der Waals surface area contributed by atoms with Gasteiger partial charge in [0.05, 0.1) is 6.61 Å². The summed E-state index contributed by atoms with van der Waals surface area (Å²) in [5, 5.41) is 19.6. The molecule has 2 heterocycles. The molecule has 0 saturated carbocycles. The van der Waals surface area contributed by atoms with Gasteiger partial charge in [0.25, 0.3) is 0 Å². The molecule has 7 nitrogen and oxygen atoms in total. The summed E-state index contributed by atoms with van der Waals surface area (Å²) in [5.74, 6) is 0.384. The van der Waals surface area contributed by atoms with E-state index in [1.165, 1.54) is 24.3 Å². The molecule has 0 spiro atoms. The molecule has 2 unspecified atom stereocenters. The lowest BCUT2D eigenvalue weighted by Gasteiger charge is -2.35. The van der Waals surface area contributed by atoms with Gasteiger partial charge in [0.2, 0.25) is 0 Å². The molecule has 0 radical (unpaired) electrons. The van der Waals surface area contributed by atoms with Crippen LogP contribution in [0.25, 0.3) is 10.9 Å². The Bertz CT molecular complexity index is 1370. The summed E-state index contributed by atoms with van der Waals surface area (Å²) < 4.78 is 25.4. The largest absolute Gasteiger partial charge is 0.491 e. The lowest BCUT2D eigenvalue weighted by Crippen LogP contribution is -2.42. The zero-order valence-corrected chi connectivity index (χ0v) is 20.7. The van der Waals surface area contributed by atoms with Gasteiger partial charge in [0.15, 0.2) is 0 Å². The Balaban J connectivity index is 1.50. The van der Waals surface area contributed by atoms with Crippen LogP contribution in [-0.4, -0.2) is 52.1 Å². The van der Waals surface area contributed by atoms with Gasteiger partial charge in [-0.25, -0.2) is 9.18 Å². The number of benzene rings is 3. The first-order chi connectivity index (χ1) is 17.4. The van der Waals surface area contributed by atoms with Crippen molar-refractivity contribution >= 4 is 32.9 Å². The molecule has 2 atom stereocenters. The number of ether oxygens (including phenoxy) is 2. The smallest absolute Gasteiger partial charge is 0.416 e. The van der Waals surface area contributed by atoms with Gasteiger partial charge in [-0.3, -0.25) is 4.90 Å². The number of aliphatic hydroxyl groups excluding tert-OH is 2.